The number of aliphatic hydroxyl groups is 2. The molecule has 1 aromatic heterocycles. The highest BCUT2D eigenvalue weighted by Gasteiger charge is 2.55. The number of phosphoric acid groups is 1. The smallest absolute Gasteiger partial charge is 0.469 e. The summed E-state index contributed by atoms with van der Waals surface area (Å²) in [5.41, 5.74) is 0.374. The number of aryl methyl sites for hydroxylation is 1. The quantitative estimate of drug-likeness (QED) is 0.196. The van der Waals surface area contributed by atoms with Crippen LogP contribution in [0.4, 0.5) is 0 Å². The molecule has 32 heavy (non-hydrogen) atoms. The summed E-state index contributed by atoms with van der Waals surface area (Å²) in [7, 11) is -9.45. The average molecular weight is 496 g/mol. The number of aliphatic imine (C=N–C) groups is 1. The monoisotopic (exact) mass is 496 g/mol. The highest BCUT2D eigenvalue weighted by atomic mass is 31.2. The summed E-state index contributed by atoms with van der Waals surface area (Å²) < 4.78 is 26.0. The first kappa shape index (κ1) is 27.8. The number of carbonyl (C=O) groups excluding carboxylic acids is 2. The van der Waals surface area contributed by atoms with Crippen LogP contribution < -0.4 is 0 Å². The molecule has 178 valence electrons. The van der Waals surface area contributed by atoms with Crippen molar-refractivity contribution in [3.8, 4) is 5.75 Å². The molecule has 1 aliphatic rings. The number of aromatic nitrogens is 1. The first-order valence-electron chi connectivity index (χ1n) is 8.54. The number of pyridine rings is 1. The van der Waals surface area contributed by atoms with Crippen molar-refractivity contribution in [3.05, 3.63) is 34.5 Å². The number of carbonyl (C=O) groups is 2. The molecule has 0 aliphatic carbocycles. The molecule has 0 amide bonds. The van der Waals surface area contributed by atoms with E-state index in [2.05, 4.69) is 14.5 Å². The number of allylic oxidation sites excluding steroid dienone is 2. The summed E-state index contributed by atoms with van der Waals surface area (Å²) in [6.45, 7) is 1.40. The summed E-state index contributed by atoms with van der Waals surface area (Å²) in [5.74, 6) is -2.34. The van der Waals surface area contributed by atoms with E-state index in [0.717, 1.165) is 6.21 Å². The lowest BCUT2D eigenvalue weighted by Gasteiger charge is -2.35. The van der Waals surface area contributed by atoms with Crippen LogP contribution in [-0.2, 0) is 25.1 Å². The SMILES string of the molecule is CC1=C(O)C(C=O)C(CO)(P(=O)(O)O)C=N1.Cc1ncc(COP(=O)(O)O)c(C=O)c1O. The molecule has 1 aliphatic heterocycles. The fourth-order valence-corrected chi connectivity index (χ4v) is 3.78. The van der Waals surface area contributed by atoms with Crippen molar-refractivity contribution in [2.75, 3.05) is 6.61 Å². The minimum Gasteiger partial charge on any atom is -0.510 e. The zero-order chi connectivity index (χ0) is 24.9. The maximum atomic E-state index is 11.3. The van der Waals surface area contributed by atoms with Gasteiger partial charge in [-0.25, -0.2) is 4.57 Å². The fraction of sp³-hybridized carbons (Fsp3) is 0.375. The predicted octanol–water partition coefficient (Wildman–Crippen LogP) is 0.102. The van der Waals surface area contributed by atoms with Crippen LogP contribution in [0.2, 0.25) is 0 Å². The molecule has 0 bridgehead atoms. The van der Waals surface area contributed by atoms with Crippen molar-refractivity contribution >= 4 is 34.2 Å². The van der Waals surface area contributed by atoms with Gasteiger partial charge in [0.15, 0.2) is 6.29 Å². The van der Waals surface area contributed by atoms with E-state index in [-0.39, 0.29) is 34.6 Å². The van der Waals surface area contributed by atoms with Gasteiger partial charge in [-0.1, -0.05) is 0 Å². The third kappa shape index (κ3) is 6.15. The number of aromatic hydroxyl groups is 1. The average Bonchev–Trinajstić information content (AvgIpc) is 2.69. The van der Waals surface area contributed by atoms with Gasteiger partial charge >= 0.3 is 15.4 Å². The van der Waals surface area contributed by atoms with Gasteiger partial charge in [-0.05, 0) is 13.8 Å². The maximum absolute atomic E-state index is 11.3. The van der Waals surface area contributed by atoms with Crippen LogP contribution in [0.25, 0.3) is 0 Å². The maximum Gasteiger partial charge on any atom is 0.469 e. The molecule has 0 aromatic carbocycles. The molecule has 0 fully saturated rings. The number of aldehydes is 2. The van der Waals surface area contributed by atoms with Crippen LogP contribution in [0.15, 0.2) is 22.6 Å². The Labute approximate surface area is 181 Å². The molecular formula is C16H22N2O12P2. The first-order valence-corrected chi connectivity index (χ1v) is 11.7. The van der Waals surface area contributed by atoms with Gasteiger partial charge in [0.1, 0.15) is 23.0 Å². The number of hydrogen-bond acceptors (Lipinski definition) is 10. The van der Waals surface area contributed by atoms with Crippen LogP contribution >= 0.6 is 15.4 Å². The third-order valence-corrected chi connectivity index (χ3v) is 6.57. The zero-order valence-corrected chi connectivity index (χ0v) is 18.6. The lowest BCUT2D eigenvalue weighted by molar-refractivity contribution is -0.111. The van der Waals surface area contributed by atoms with Gasteiger partial charge < -0.3 is 39.7 Å². The fourth-order valence-electron chi connectivity index (χ4n) is 2.54. The molecule has 2 heterocycles. The van der Waals surface area contributed by atoms with E-state index in [0.29, 0.717) is 6.29 Å². The lowest BCUT2D eigenvalue weighted by atomic mass is 9.89. The second-order valence-electron chi connectivity index (χ2n) is 6.55. The Balaban J connectivity index is 0.000000320. The summed E-state index contributed by atoms with van der Waals surface area (Å²) in [4.78, 5) is 64.2. The van der Waals surface area contributed by atoms with Crippen LogP contribution in [0, 0.1) is 12.8 Å². The highest BCUT2D eigenvalue weighted by Crippen LogP contribution is 2.55. The van der Waals surface area contributed by atoms with E-state index in [9.17, 15) is 28.9 Å². The molecule has 16 heteroatoms. The van der Waals surface area contributed by atoms with E-state index in [1.54, 1.807) is 0 Å². The Morgan fingerprint density at radius 3 is 2.19 bits per heavy atom. The van der Waals surface area contributed by atoms with Crippen LogP contribution in [0.3, 0.4) is 0 Å². The minimum atomic E-state index is -4.83. The summed E-state index contributed by atoms with van der Waals surface area (Å²) in [5, 5.41) is 26.0. The Kier molecular flexibility index (Phi) is 9.16. The molecule has 2 rings (SSSR count). The van der Waals surface area contributed by atoms with Crippen LogP contribution in [-0.4, -0.2) is 70.4 Å². The standard InChI is InChI=1S/C8H12NO6P.C8H10NO6P/c1-5-7(12)6(2-10)8(4-11,3-9-5)16(13,14)15;1-5-8(11)7(3-10)6(2-9-5)4-15-16(12,13)14/h2-3,6,11-12H,4H2,1H3,(H2,13,14,15);2-3,11H,4H2,1H3,(H2,12,13,14). The van der Waals surface area contributed by atoms with Crippen LogP contribution in [0.5, 0.6) is 5.75 Å². The van der Waals surface area contributed by atoms with Gasteiger partial charge in [0.05, 0.1) is 36.1 Å². The highest BCUT2D eigenvalue weighted by molar-refractivity contribution is 7.54. The van der Waals surface area contributed by atoms with Gasteiger partial charge in [0.2, 0.25) is 0 Å². The van der Waals surface area contributed by atoms with Crippen molar-refractivity contribution in [1.82, 2.24) is 4.98 Å². The minimum absolute atomic E-state index is 0.0825. The molecule has 2 unspecified atom stereocenters. The predicted molar refractivity (Wildman–Crippen MR) is 108 cm³/mol. The zero-order valence-electron chi connectivity index (χ0n) is 16.8. The first-order chi connectivity index (χ1) is 14.6. The second kappa shape index (κ2) is 10.6. The molecule has 2 atom stereocenters. The van der Waals surface area contributed by atoms with Gasteiger partial charge in [0, 0.05) is 18.0 Å². The molecule has 14 nitrogen and oxygen atoms in total. The third-order valence-electron chi connectivity index (χ3n) is 4.48. The Bertz CT molecular complexity index is 1030. The number of rotatable bonds is 7. The van der Waals surface area contributed by atoms with Crippen molar-refractivity contribution in [1.29, 1.82) is 0 Å². The van der Waals surface area contributed by atoms with Crippen LogP contribution in [0.1, 0.15) is 28.5 Å². The normalized spacial score (nSPS) is 21.0. The molecule has 7 N–H and O–H groups in total. The van der Waals surface area contributed by atoms with Crippen molar-refractivity contribution in [2.45, 2.75) is 25.6 Å². The number of hydrogen-bond donors (Lipinski definition) is 7. The second-order valence-corrected chi connectivity index (χ2v) is 9.71. The molecule has 0 radical (unpaired) electrons. The van der Waals surface area contributed by atoms with E-state index in [1.807, 2.05) is 0 Å². The topological polar surface area (TPSA) is 244 Å². The summed E-state index contributed by atoms with van der Waals surface area (Å²) in [6.07, 6.45) is 2.62. The Morgan fingerprint density at radius 2 is 1.75 bits per heavy atom. The number of nitrogens with zero attached hydrogens (tertiary/aromatic N) is 2. The largest absolute Gasteiger partial charge is 0.510 e. The van der Waals surface area contributed by atoms with Crippen molar-refractivity contribution in [2.24, 2.45) is 10.9 Å². The number of phosphoric ester groups is 1. The van der Waals surface area contributed by atoms with Crippen molar-refractivity contribution < 1.29 is 58.1 Å². The van der Waals surface area contributed by atoms with Crippen molar-refractivity contribution in [3.63, 3.8) is 0 Å². The van der Waals surface area contributed by atoms with Gasteiger partial charge in [-0.2, -0.15) is 0 Å². The van der Waals surface area contributed by atoms with E-state index >= 15 is 0 Å². The molecule has 0 spiro atoms. The Morgan fingerprint density at radius 1 is 1.16 bits per heavy atom. The van der Waals surface area contributed by atoms with E-state index < -0.39 is 45.5 Å². The molecule has 0 saturated heterocycles. The number of aliphatic hydroxyl groups excluding tert-OH is 2. The van der Waals surface area contributed by atoms with E-state index in [4.69, 9.17) is 24.7 Å². The molecule has 1 aromatic rings. The Hall–Kier alpha value is -2.28. The lowest BCUT2D eigenvalue weighted by Crippen LogP contribution is -2.46. The van der Waals surface area contributed by atoms with Gasteiger partial charge in [-0.3, -0.25) is 23.9 Å². The van der Waals surface area contributed by atoms with E-state index in [1.165, 1.54) is 20.0 Å². The molecular weight excluding hydrogens is 474 g/mol. The summed E-state index contributed by atoms with van der Waals surface area (Å²) in [6, 6.07) is 0. The molecule has 0 saturated carbocycles. The van der Waals surface area contributed by atoms with Gasteiger partial charge in [-0.15, -0.1) is 0 Å². The van der Waals surface area contributed by atoms with Gasteiger partial charge in [0.25, 0.3) is 0 Å². The summed E-state index contributed by atoms with van der Waals surface area (Å²) >= 11 is 0.